The van der Waals surface area contributed by atoms with Gasteiger partial charge >= 0.3 is 0 Å². The molecular weight excluding hydrogens is 295 g/mol. The third-order valence-corrected chi connectivity index (χ3v) is 3.48. The van der Waals surface area contributed by atoms with Crippen LogP contribution >= 0.6 is 0 Å². The molecule has 116 valence electrons. The summed E-state index contributed by atoms with van der Waals surface area (Å²) in [5, 5.41) is 4.04. The second kappa shape index (κ2) is 6.39. The number of carbonyl (C=O) groups is 1. The van der Waals surface area contributed by atoms with Crippen LogP contribution in [0.1, 0.15) is 15.9 Å². The molecule has 0 unspecified atom stereocenters. The van der Waals surface area contributed by atoms with Crippen LogP contribution in [-0.2, 0) is 6.54 Å². The lowest BCUT2D eigenvalue weighted by Gasteiger charge is -2.17. The summed E-state index contributed by atoms with van der Waals surface area (Å²) in [6, 6.07) is 13.3. The molecule has 0 bridgehead atoms. The first-order valence-electron chi connectivity index (χ1n) is 7.08. The van der Waals surface area contributed by atoms with Crippen LogP contribution in [0.2, 0.25) is 0 Å². The van der Waals surface area contributed by atoms with Crippen LogP contribution in [0, 0.1) is 5.82 Å². The van der Waals surface area contributed by atoms with Crippen molar-refractivity contribution < 1.29 is 9.18 Å². The Morgan fingerprint density at radius 2 is 1.83 bits per heavy atom. The molecule has 1 aromatic heterocycles. The first kappa shape index (κ1) is 14.9. The number of rotatable bonds is 4. The quantitative estimate of drug-likeness (QED) is 0.744. The molecule has 0 aliphatic heterocycles. The van der Waals surface area contributed by atoms with E-state index in [9.17, 15) is 9.18 Å². The predicted molar refractivity (Wildman–Crippen MR) is 83.6 cm³/mol. The highest BCUT2D eigenvalue weighted by molar-refractivity contribution is 5.94. The van der Waals surface area contributed by atoms with Crippen LogP contribution in [0.4, 0.5) is 4.39 Å². The number of amides is 1. The topological polar surface area (TPSA) is 51.0 Å². The number of carbonyl (C=O) groups excluding carboxylic acids is 1. The van der Waals surface area contributed by atoms with Crippen LogP contribution in [-0.4, -0.2) is 32.6 Å². The first-order valence-corrected chi connectivity index (χ1v) is 7.08. The maximum atomic E-state index is 12.9. The van der Waals surface area contributed by atoms with Crippen molar-refractivity contribution in [1.29, 1.82) is 0 Å². The molecule has 6 heteroatoms. The molecule has 1 amide bonds. The fourth-order valence-electron chi connectivity index (χ4n) is 2.25. The molecule has 0 radical (unpaired) electrons. The van der Waals surface area contributed by atoms with E-state index < -0.39 is 0 Å². The zero-order valence-electron chi connectivity index (χ0n) is 12.6. The maximum Gasteiger partial charge on any atom is 0.253 e. The number of aromatic nitrogens is 3. The highest BCUT2D eigenvalue weighted by Gasteiger charge is 2.12. The van der Waals surface area contributed by atoms with Crippen LogP contribution in [0.5, 0.6) is 0 Å². The number of hydrogen-bond acceptors (Lipinski definition) is 3. The van der Waals surface area contributed by atoms with E-state index in [1.165, 1.54) is 18.5 Å². The van der Waals surface area contributed by atoms with E-state index in [2.05, 4.69) is 10.1 Å². The van der Waals surface area contributed by atoms with E-state index in [1.54, 1.807) is 47.2 Å². The van der Waals surface area contributed by atoms with Crippen molar-refractivity contribution in [3.63, 3.8) is 0 Å². The minimum Gasteiger partial charge on any atom is -0.337 e. The van der Waals surface area contributed by atoms with Gasteiger partial charge in [0, 0.05) is 19.2 Å². The Kier molecular flexibility index (Phi) is 4.14. The van der Waals surface area contributed by atoms with Crippen LogP contribution in [0.3, 0.4) is 0 Å². The normalized spacial score (nSPS) is 10.5. The van der Waals surface area contributed by atoms with Gasteiger partial charge in [-0.25, -0.2) is 14.1 Å². The minimum absolute atomic E-state index is 0.0977. The molecule has 5 nitrogen and oxygen atoms in total. The molecule has 3 rings (SSSR count). The second-order valence-electron chi connectivity index (χ2n) is 5.17. The van der Waals surface area contributed by atoms with Gasteiger partial charge in [-0.15, -0.1) is 0 Å². The molecule has 0 aliphatic carbocycles. The van der Waals surface area contributed by atoms with Crippen molar-refractivity contribution in [3.05, 3.63) is 78.1 Å². The average Bonchev–Trinajstić information content (AvgIpc) is 3.11. The van der Waals surface area contributed by atoms with E-state index >= 15 is 0 Å². The van der Waals surface area contributed by atoms with Gasteiger partial charge in [0.05, 0.1) is 5.69 Å². The SMILES string of the molecule is CN(Cc1ccc(F)cc1)C(=O)c1ccc(-n2cncn2)cc1. The lowest BCUT2D eigenvalue weighted by molar-refractivity contribution is 0.0785. The number of nitrogens with zero attached hydrogens (tertiary/aromatic N) is 4. The number of hydrogen-bond donors (Lipinski definition) is 0. The van der Waals surface area contributed by atoms with E-state index in [0.717, 1.165) is 11.3 Å². The van der Waals surface area contributed by atoms with E-state index in [-0.39, 0.29) is 11.7 Å². The average molecular weight is 310 g/mol. The predicted octanol–water partition coefficient (Wildman–Crippen LogP) is 2.68. The standard InChI is InChI=1S/C17H15FN4O/c1-21(10-13-2-6-15(18)7-3-13)17(23)14-4-8-16(9-5-14)22-12-19-11-20-22/h2-9,11-12H,10H2,1H3. The van der Waals surface area contributed by atoms with Gasteiger partial charge in [-0.2, -0.15) is 5.10 Å². The van der Waals surface area contributed by atoms with Crippen molar-refractivity contribution in [2.24, 2.45) is 0 Å². The van der Waals surface area contributed by atoms with E-state index in [4.69, 9.17) is 0 Å². The van der Waals surface area contributed by atoms with Crippen molar-refractivity contribution in [2.75, 3.05) is 7.05 Å². The van der Waals surface area contributed by atoms with Crippen LogP contribution in [0.25, 0.3) is 5.69 Å². The molecule has 0 aliphatic rings. The van der Waals surface area contributed by atoms with E-state index in [0.29, 0.717) is 12.1 Å². The molecule has 2 aromatic carbocycles. The van der Waals surface area contributed by atoms with Crippen LogP contribution < -0.4 is 0 Å². The molecule has 0 atom stereocenters. The Labute approximate surface area is 133 Å². The molecule has 23 heavy (non-hydrogen) atoms. The summed E-state index contributed by atoms with van der Waals surface area (Å²) >= 11 is 0. The van der Waals surface area contributed by atoms with Gasteiger partial charge in [-0.05, 0) is 42.0 Å². The molecular formula is C17H15FN4O. The summed E-state index contributed by atoms with van der Waals surface area (Å²) < 4.78 is 14.5. The second-order valence-corrected chi connectivity index (χ2v) is 5.17. The lowest BCUT2D eigenvalue weighted by atomic mass is 10.1. The third-order valence-electron chi connectivity index (χ3n) is 3.48. The molecule has 0 fully saturated rings. The number of halogens is 1. The Balaban J connectivity index is 1.70. The van der Waals surface area contributed by atoms with Crippen molar-refractivity contribution in [2.45, 2.75) is 6.54 Å². The molecule has 0 spiro atoms. The smallest absolute Gasteiger partial charge is 0.253 e. The van der Waals surface area contributed by atoms with Gasteiger partial charge in [-0.1, -0.05) is 12.1 Å². The fourth-order valence-corrected chi connectivity index (χ4v) is 2.25. The molecule has 0 N–H and O–H groups in total. The summed E-state index contributed by atoms with van der Waals surface area (Å²) in [6.45, 7) is 0.421. The zero-order valence-corrected chi connectivity index (χ0v) is 12.6. The first-order chi connectivity index (χ1) is 11.1. The van der Waals surface area contributed by atoms with Gasteiger partial charge < -0.3 is 4.90 Å². The largest absolute Gasteiger partial charge is 0.337 e. The minimum atomic E-state index is -0.286. The van der Waals surface area contributed by atoms with Crippen molar-refractivity contribution >= 4 is 5.91 Å². The van der Waals surface area contributed by atoms with Gasteiger partial charge in [0.25, 0.3) is 5.91 Å². The monoisotopic (exact) mass is 310 g/mol. The zero-order chi connectivity index (χ0) is 16.2. The van der Waals surface area contributed by atoms with Crippen LogP contribution in [0.15, 0.2) is 61.2 Å². The number of benzene rings is 2. The molecule has 1 heterocycles. The highest BCUT2D eigenvalue weighted by Crippen LogP contribution is 2.12. The Bertz CT molecular complexity index is 782. The van der Waals surface area contributed by atoms with E-state index in [1.807, 2.05) is 12.1 Å². The van der Waals surface area contributed by atoms with Crippen molar-refractivity contribution in [3.8, 4) is 5.69 Å². The Hall–Kier alpha value is -3.02. The molecule has 0 saturated heterocycles. The van der Waals surface area contributed by atoms with Gasteiger partial charge in [-0.3, -0.25) is 4.79 Å². The Morgan fingerprint density at radius 3 is 2.43 bits per heavy atom. The molecule has 3 aromatic rings. The van der Waals surface area contributed by atoms with Gasteiger partial charge in [0.15, 0.2) is 0 Å². The van der Waals surface area contributed by atoms with Gasteiger partial charge in [0.2, 0.25) is 0 Å². The summed E-state index contributed by atoms with van der Waals surface area (Å²) in [5.41, 5.74) is 2.29. The summed E-state index contributed by atoms with van der Waals surface area (Å²) in [7, 11) is 1.72. The molecule has 0 saturated carbocycles. The van der Waals surface area contributed by atoms with Crippen molar-refractivity contribution in [1.82, 2.24) is 19.7 Å². The lowest BCUT2D eigenvalue weighted by Crippen LogP contribution is -2.26. The highest BCUT2D eigenvalue weighted by atomic mass is 19.1. The summed E-state index contributed by atoms with van der Waals surface area (Å²) in [4.78, 5) is 17.9. The maximum absolute atomic E-state index is 12.9. The Morgan fingerprint density at radius 1 is 1.13 bits per heavy atom. The fraction of sp³-hybridized carbons (Fsp3) is 0.118. The van der Waals surface area contributed by atoms with Gasteiger partial charge in [0.1, 0.15) is 18.5 Å². The third kappa shape index (κ3) is 3.42. The summed E-state index contributed by atoms with van der Waals surface area (Å²) in [6.07, 6.45) is 3.05. The summed E-state index contributed by atoms with van der Waals surface area (Å²) in [5.74, 6) is -0.383.